The summed E-state index contributed by atoms with van der Waals surface area (Å²) >= 11 is 0. The van der Waals surface area contributed by atoms with Crippen LogP contribution in [0, 0.1) is 11.3 Å². The average molecular weight is 268 g/mol. The fourth-order valence-corrected chi connectivity index (χ4v) is 2.52. The molecule has 0 aliphatic rings. The molecule has 0 spiro atoms. The summed E-state index contributed by atoms with van der Waals surface area (Å²) in [6.07, 6.45) is 2.64. The SMILES string of the molecule is CC(C)(CNc1cc(C#N)ccn1)NS(C)(=O)=O. The van der Waals surface area contributed by atoms with Crippen LogP contribution in [0.5, 0.6) is 0 Å². The lowest BCUT2D eigenvalue weighted by Gasteiger charge is -2.25. The van der Waals surface area contributed by atoms with Crippen molar-refractivity contribution < 1.29 is 8.42 Å². The molecule has 0 aromatic carbocycles. The molecule has 0 aliphatic carbocycles. The van der Waals surface area contributed by atoms with Crippen molar-refractivity contribution in [3.05, 3.63) is 23.9 Å². The smallest absolute Gasteiger partial charge is 0.209 e. The van der Waals surface area contributed by atoms with Crippen molar-refractivity contribution >= 4 is 15.8 Å². The van der Waals surface area contributed by atoms with Gasteiger partial charge in [0.05, 0.1) is 17.9 Å². The molecule has 0 saturated heterocycles. The van der Waals surface area contributed by atoms with Gasteiger partial charge in [-0.2, -0.15) is 5.26 Å². The normalized spacial score (nSPS) is 11.9. The van der Waals surface area contributed by atoms with Crippen molar-refractivity contribution in [2.75, 3.05) is 18.1 Å². The van der Waals surface area contributed by atoms with Crippen molar-refractivity contribution in [1.29, 1.82) is 5.26 Å². The van der Waals surface area contributed by atoms with Crippen LogP contribution in [0.25, 0.3) is 0 Å². The highest BCUT2D eigenvalue weighted by atomic mass is 32.2. The van der Waals surface area contributed by atoms with Gasteiger partial charge in [0.2, 0.25) is 10.0 Å². The van der Waals surface area contributed by atoms with E-state index in [-0.39, 0.29) is 0 Å². The molecule has 0 aliphatic heterocycles. The largest absolute Gasteiger partial charge is 0.368 e. The number of hydrogen-bond donors (Lipinski definition) is 2. The number of anilines is 1. The van der Waals surface area contributed by atoms with Crippen molar-refractivity contribution in [2.24, 2.45) is 0 Å². The molecule has 0 fully saturated rings. The maximum absolute atomic E-state index is 11.2. The first-order chi connectivity index (χ1) is 8.22. The van der Waals surface area contributed by atoms with E-state index in [4.69, 9.17) is 5.26 Å². The third-order valence-corrected chi connectivity index (χ3v) is 2.99. The minimum atomic E-state index is -3.26. The Kier molecular flexibility index (Phi) is 4.27. The lowest BCUT2D eigenvalue weighted by atomic mass is 10.1. The predicted molar refractivity (Wildman–Crippen MR) is 69.5 cm³/mol. The lowest BCUT2D eigenvalue weighted by Crippen LogP contribution is -2.47. The van der Waals surface area contributed by atoms with Gasteiger partial charge in [-0.05, 0) is 26.0 Å². The van der Waals surface area contributed by atoms with E-state index in [1.807, 2.05) is 6.07 Å². The standard InChI is InChI=1S/C11H16N4O2S/c1-11(2,15-18(3,16)17)8-14-10-6-9(7-12)4-5-13-10/h4-6,15H,8H2,1-3H3,(H,13,14). The Labute approximate surface area is 107 Å². The molecular weight excluding hydrogens is 252 g/mol. The Hall–Kier alpha value is -1.65. The topological polar surface area (TPSA) is 94.9 Å². The molecule has 0 saturated carbocycles. The van der Waals surface area contributed by atoms with Crippen molar-refractivity contribution in [1.82, 2.24) is 9.71 Å². The third-order valence-electron chi connectivity index (χ3n) is 2.06. The van der Waals surface area contributed by atoms with Gasteiger partial charge in [0.15, 0.2) is 0 Å². The number of pyridine rings is 1. The first kappa shape index (κ1) is 14.4. The minimum absolute atomic E-state index is 0.363. The summed E-state index contributed by atoms with van der Waals surface area (Å²) in [6.45, 7) is 3.88. The first-order valence-electron chi connectivity index (χ1n) is 5.31. The molecule has 1 heterocycles. The zero-order valence-electron chi connectivity index (χ0n) is 10.6. The summed E-state index contributed by atoms with van der Waals surface area (Å²) in [5.41, 5.74) is -0.140. The summed E-state index contributed by atoms with van der Waals surface area (Å²) in [6, 6.07) is 5.22. The second-order valence-electron chi connectivity index (χ2n) is 4.65. The van der Waals surface area contributed by atoms with E-state index in [1.54, 1.807) is 26.0 Å². The Morgan fingerprint density at radius 1 is 1.50 bits per heavy atom. The quantitative estimate of drug-likeness (QED) is 0.819. The van der Waals surface area contributed by atoms with Crippen LogP contribution >= 0.6 is 0 Å². The fraction of sp³-hybridized carbons (Fsp3) is 0.455. The maximum atomic E-state index is 11.2. The zero-order valence-corrected chi connectivity index (χ0v) is 11.4. The molecule has 0 amide bonds. The molecule has 1 aromatic rings. The molecule has 1 rings (SSSR count). The molecule has 1 aromatic heterocycles. The second-order valence-corrected chi connectivity index (χ2v) is 6.40. The van der Waals surface area contributed by atoms with Crippen molar-refractivity contribution in [2.45, 2.75) is 19.4 Å². The molecule has 0 radical (unpaired) electrons. The van der Waals surface area contributed by atoms with Crippen LogP contribution in [0.3, 0.4) is 0 Å². The van der Waals surface area contributed by atoms with Gasteiger partial charge >= 0.3 is 0 Å². The number of nitrogens with zero attached hydrogens (tertiary/aromatic N) is 2. The highest BCUT2D eigenvalue weighted by Crippen LogP contribution is 2.09. The summed E-state index contributed by atoms with van der Waals surface area (Å²) in [5, 5.41) is 11.7. The Morgan fingerprint density at radius 3 is 2.72 bits per heavy atom. The van der Waals surface area contributed by atoms with E-state index in [0.717, 1.165) is 6.26 Å². The monoisotopic (exact) mass is 268 g/mol. The Bertz CT molecular complexity index is 561. The summed E-state index contributed by atoms with van der Waals surface area (Å²) < 4.78 is 24.8. The molecule has 6 nitrogen and oxygen atoms in total. The molecule has 98 valence electrons. The van der Waals surface area contributed by atoms with Crippen molar-refractivity contribution in [3.8, 4) is 6.07 Å². The summed E-state index contributed by atoms with van der Waals surface area (Å²) in [7, 11) is -3.26. The van der Waals surface area contributed by atoms with Gasteiger partial charge in [0.25, 0.3) is 0 Å². The number of hydrogen-bond acceptors (Lipinski definition) is 5. The maximum Gasteiger partial charge on any atom is 0.209 e. The zero-order chi connectivity index (χ0) is 13.8. The number of sulfonamides is 1. The van der Waals surface area contributed by atoms with Gasteiger partial charge in [0, 0.05) is 18.3 Å². The third kappa shape index (κ3) is 5.12. The molecule has 0 bridgehead atoms. The van der Waals surface area contributed by atoms with Crippen LogP contribution in [0.2, 0.25) is 0 Å². The van der Waals surface area contributed by atoms with Gasteiger partial charge in [-0.25, -0.2) is 18.1 Å². The molecule has 18 heavy (non-hydrogen) atoms. The minimum Gasteiger partial charge on any atom is -0.368 e. The van der Waals surface area contributed by atoms with E-state index >= 15 is 0 Å². The van der Waals surface area contributed by atoms with Crippen LogP contribution in [0.4, 0.5) is 5.82 Å². The Balaban J connectivity index is 2.67. The molecule has 2 N–H and O–H groups in total. The second kappa shape index (κ2) is 5.33. The average Bonchev–Trinajstić information content (AvgIpc) is 2.24. The van der Waals surface area contributed by atoms with Crippen LogP contribution in [-0.2, 0) is 10.0 Å². The number of rotatable bonds is 5. The molecule has 0 atom stereocenters. The number of nitriles is 1. The summed E-state index contributed by atoms with van der Waals surface area (Å²) in [5.74, 6) is 0.539. The van der Waals surface area contributed by atoms with Gasteiger partial charge in [-0.3, -0.25) is 0 Å². The molecule has 0 unspecified atom stereocenters. The highest BCUT2D eigenvalue weighted by molar-refractivity contribution is 7.88. The van der Waals surface area contributed by atoms with Gasteiger partial charge in [-0.15, -0.1) is 0 Å². The van der Waals surface area contributed by atoms with Crippen LogP contribution in [0.1, 0.15) is 19.4 Å². The van der Waals surface area contributed by atoms with E-state index in [2.05, 4.69) is 15.0 Å². The van der Waals surface area contributed by atoms with Gasteiger partial charge in [-0.1, -0.05) is 0 Å². The van der Waals surface area contributed by atoms with Crippen LogP contribution < -0.4 is 10.0 Å². The van der Waals surface area contributed by atoms with E-state index in [0.29, 0.717) is 17.9 Å². The van der Waals surface area contributed by atoms with Crippen LogP contribution in [0.15, 0.2) is 18.3 Å². The Morgan fingerprint density at radius 2 is 2.17 bits per heavy atom. The summed E-state index contributed by atoms with van der Waals surface area (Å²) in [4.78, 5) is 4.05. The predicted octanol–water partition coefficient (Wildman–Crippen LogP) is 0.693. The molecular formula is C11H16N4O2S. The lowest BCUT2D eigenvalue weighted by molar-refractivity contribution is 0.476. The number of nitrogens with one attached hydrogen (secondary N) is 2. The van der Waals surface area contributed by atoms with Gasteiger partial charge < -0.3 is 5.32 Å². The number of aromatic nitrogens is 1. The fourth-order valence-electron chi connectivity index (χ4n) is 1.45. The van der Waals surface area contributed by atoms with E-state index < -0.39 is 15.6 Å². The van der Waals surface area contributed by atoms with Crippen LogP contribution in [-0.4, -0.2) is 31.7 Å². The molecule has 7 heteroatoms. The highest BCUT2D eigenvalue weighted by Gasteiger charge is 2.21. The van der Waals surface area contributed by atoms with E-state index in [9.17, 15) is 8.42 Å². The van der Waals surface area contributed by atoms with Crippen molar-refractivity contribution in [3.63, 3.8) is 0 Å². The van der Waals surface area contributed by atoms with Gasteiger partial charge in [0.1, 0.15) is 5.82 Å². The first-order valence-corrected chi connectivity index (χ1v) is 7.20. The van der Waals surface area contributed by atoms with E-state index in [1.165, 1.54) is 6.20 Å².